The molecule has 0 amide bonds. The first-order valence-electron chi connectivity index (χ1n) is 5.91. The Bertz CT molecular complexity index is 392. The zero-order valence-electron chi connectivity index (χ0n) is 9.95. The number of benzene rings is 1. The van der Waals surface area contributed by atoms with Crippen LogP contribution in [0.1, 0.15) is 37.3 Å². The van der Waals surface area contributed by atoms with E-state index in [1.165, 1.54) is 12.0 Å². The van der Waals surface area contributed by atoms with E-state index in [0.29, 0.717) is 12.5 Å². The van der Waals surface area contributed by atoms with Crippen LogP contribution >= 0.6 is 0 Å². The van der Waals surface area contributed by atoms with Crippen LogP contribution in [0.25, 0.3) is 0 Å². The van der Waals surface area contributed by atoms with Gasteiger partial charge in [0.1, 0.15) is 11.5 Å². The molecule has 0 radical (unpaired) electrons. The lowest BCUT2D eigenvalue weighted by atomic mass is 9.96. The number of hydrogen-bond donors (Lipinski definition) is 0. The van der Waals surface area contributed by atoms with Crippen molar-refractivity contribution in [3.63, 3.8) is 0 Å². The van der Waals surface area contributed by atoms with E-state index in [0.717, 1.165) is 24.2 Å². The maximum Gasteiger partial charge on any atom is 0.134 e. The second-order valence-electron chi connectivity index (χ2n) is 4.66. The van der Waals surface area contributed by atoms with E-state index in [4.69, 9.17) is 4.74 Å². The Morgan fingerprint density at radius 1 is 1.44 bits per heavy atom. The first kappa shape index (κ1) is 11.2. The van der Waals surface area contributed by atoms with E-state index in [2.05, 4.69) is 6.07 Å². The van der Waals surface area contributed by atoms with Crippen LogP contribution in [0.3, 0.4) is 0 Å². The minimum Gasteiger partial charge on any atom is -0.490 e. The van der Waals surface area contributed by atoms with Crippen molar-refractivity contribution in [1.82, 2.24) is 0 Å². The van der Waals surface area contributed by atoms with E-state index in [-0.39, 0.29) is 5.78 Å². The summed E-state index contributed by atoms with van der Waals surface area (Å²) < 4.78 is 5.89. The SMILES string of the molecule is CC(=O)Cc1cc(C)ccc1OC1CCC1. The number of aryl methyl sites for hydroxylation is 1. The predicted molar refractivity (Wildman–Crippen MR) is 63.8 cm³/mol. The average molecular weight is 218 g/mol. The Hall–Kier alpha value is -1.31. The zero-order chi connectivity index (χ0) is 11.5. The Labute approximate surface area is 96.6 Å². The van der Waals surface area contributed by atoms with Gasteiger partial charge in [0.05, 0.1) is 6.10 Å². The molecule has 2 heteroatoms. The van der Waals surface area contributed by atoms with Crippen molar-refractivity contribution in [2.24, 2.45) is 0 Å². The molecule has 0 aliphatic heterocycles. The molecule has 2 rings (SSSR count). The highest BCUT2D eigenvalue weighted by molar-refractivity contribution is 5.79. The van der Waals surface area contributed by atoms with Crippen molar-refractivity contribution in [2.75, 3.05) is 0 Å². The van der Waals surface area contributed by atoms with Gasteiger partial charge in [0.2, 0.25) is 0 Å². The van der Waals surface area contributed by atoms with E-state index in [1.54, 1.807) is 6.92 Å². The van der Waals surface area contributed by atoms with Gasteiger partial charge >= 0.3 is 0 Å². The quantitative estimate of drug-likeness (QED) is 0.776. The van der Waals surface area contributed by atoms with Gasteiger partial charge in [-0.15, -0.1) is 0 Å². The predicted octanol–water partition coefficient (Wildman–Crippen LogP) is 3.06. The van der Waals surface area contributed by atoms with Gasteiger partial charge in [-0.05, 0) is 39.2 Å². The summed E-state index contributed by atoms with van der Waals surface area (Å²) in [6, 6.07) is 6.08. The van der Waals surface area contributed by atoms with Gasteiger partial charge in [-0.1, -0.05) is 17.7 Å². The first-order chi connectivity index (χ1) is 7.65. The minimum absolute atomic E-state index is 0.184. The molecule has 0 unspecified atom stereocenters. The Morgan fingerprint density at radius 2 is 2.19 bits per heavy atom. The van der Waals surface area contributed by atoms with Gasteiger partial charge in [0, 0.05) is 12.0 Å². The maximum atomic E-state index is 11.2. The molecule has 0 atom stereocenters. The van der Waals surface area contributed by atoms with Crippen molar-refractivity contribution in [3.05, 3.63) is 29.3 Å². The van der Waals surface area contributed by atoms with E-state index in [1.807, 2.05) is 19.1 Å². The lowest BCUT2D eigenvalue weighted by Crippen LogP contribution is -2.25. The molecule has 1 fully saturated rings. The molecule has 16 heavy (non-hydrogen) atoms. The summed E-state index contributed by atoms with van der Waals surface area (Å²) in [6.45, 7) is 3.66. The van der Waals surface area contributed by atoms with Crippen molar-refractivity contribution in [3.8, 4) is 5.75 Å². The minimum atomic E-state index is 0.184. The second kappa shape index (κ2) is 4.69. The molecule has 1 aromatic rings. The Balaban J connectivity index is 2.16. The van der Waals surface area contributed by atoms with Crippen molar-refractivity contribution < 1.29 is 9.53 Å². The Morgan fingerprint density at radius 3 is 2.75 bits per heavy atom. The molecule has 1 aromatic carbocycles. The van der Waals surface area contributed by atoms with Gasteiger partial charge in [-0.3, -0.25) is 4.79 Å². The van der Waals surface area contributed by atoms with Crippen molar-refractivity contribution >= 4 is 5.78 Å². The third kappa shape index (κ3) is 2.63. The molecule has 0 N–H and O–H groups in total. The molecular formula is C14H18O2. The standard InChI is InChI=1S/C14H18O2/c1-10-6-7-14(16-13-4-3-5-13)12(8-10)9-11(2)15/h6-8,13H,3-5,9H2,1-2H3. The average Bonchev–Trinajstić information content (AvgIpc) is 2.12. The van der Waals surface area contributed by atoms with E-state index >= 15 is 0 Å². The third-order valence-electron chi connectivity index (χ3n) is 3.00. The third-order valence-corrected chi connectivity index (χ3v) is 3.00. The lowest BCUT2D eigenvalue weighted by molar-refractivity contribution is -0.116. The summed E-state index contributed by atoms with van der Waals surface area (Å²) in [6.07, 6.45) is 4.40. The lowest BCUT2D eigenvalue weighted by Gasteiger charge is -2.27. The number of rotatable bonds is 4. The van der Waals surface area contributed by atoms with Crippen LogP contribution in [0.5, 0.6) is 5.75 Å². The number of ketones is 1. The van der Waals surface area contributed by atoms with Crippen LogP contribution in [0, 0.1) is 6.92 Å². The molecular weight excluding hydrogens is 200 g/mol. The molecule has 86 valence electrons. The molecule has 0 spiro atoms. The van der Waals surface area contributed by atoms with Crippen LogP contribution in [-0.4, -0.2) is 11.9 Å². The van der Waals surface area contributed by atoms with Crippen LogP contribution in [0.4, 0.5) is 0 Å². The zero-order valence-corrected chi connectivity index (χ0v) is 9.95. The van der Waals surface area contributed by atoms with Gasteiger partial charge in [0.15, 0.2) is 0 Å². The molecule has 1 aliphatic rings. The maximum absolute atomic E-state index is 11.2. The molecule has 0 aromatic heterocycles. The van der Waals surface area contributed by atoms with Crippen LogP contribution < -0.4 is 4.74 Å². The second-order valence-corrected chi connectivity index (χ2v) is 4.66. The number of Topliss-reactive ketones (excluding diaryl/α,β-unsaturated/α-hetero) is 1. The highest BCUT2D eigenvalue weighted by atomic mass is 16.5. The molecule has 0 saturated heterocycles. The molecule has 1 aliphatic carbocycles. The molecule has 0 bridgehead atoms. The van der Waals surface area contributed by atoms with Gasteiger partial charge in [-0.2, -0.15) is 0 Å². The van der Waals surface area contributed by atoms with E-state index < -0.39 is 0 Å². The summed E-state index contributed by atoms with van der Waals surface area (Å²) >= 11 is 0. The molecule has 1 saturated carbocycles. The molecule has 2 nitrogen and oxygen atoms in total. The Kier molecular flexibility index (Phi) is 3.28. The fourth-order valence-corrected chi connectivity index (χ4v) is 1.90. The summed E-state index contributed by atoms with van der Waals surface area (Å²) in [5.41, 5.74) is 2.21. The van der Waals surface area contributed by atoms with Crippen molar-refractivity contribution in [1.29, 1.82) is 0 Å². The molecule has 0 heterocycles. The largest absolute Gasteiger partial charge is 0.490 e. The van der Waals surface area contributed by atoms with Gasteiger partial charge in [0.25, 0.3) is 0 Å². The summed E-state index contributed by atoms with van der Waals surface area (Å²) in [4.78, 5) is 11.2. The number of ether oxygens (including phenoxy) is 1. The summed E-state index contributed by atoms with van der Waals surface area (Å²) in [5.74, 6) is 1.08. The fourth-order valence-electron chi connectivity index (χ4n) is 1.90. The monoisotopic (exact) mass is 218 g/mol. The van der Waals surface area contributed by atoms with Gasteiger partial charge < -0.3 is 4.74 Å². The van der Waals surface area contributed by atoms with Crippen molar-refractivity contribution in [2.45, 2.75) is 45.6 Å². The van der Waals surface area contributed by atoms with Gasteiger partial charge in [-0.25, -0.2) is 0 Å². The highest BCUT2D eigenvalue weighted by Crippen LogP contribution is 2.28. The number of carbonyl (C=O) groups excluding carboxylic acids is 1. The highest BCUT2D eigenvalue weighted by Gasteiger charge is 2.20. The van der Waals surface area contributed by atoms with E-state index in [9.17, 15) is 4.79 Å². The topological polar surface area (TPSA) is 26.3 Å². The normalized spacial score (nSPS) is 15.6. The van der Waals surface area contributed by atoms with Crippen LogP contribution in [0.15, 0.2) is 18.2 Å². The summed E-state index contributed by atoms with van der Waals surface area (Å²) in [7, 11) is 0. The number of carbonyl (C=O) groups is 1. The summed E-state index contributed by atoms with van der Waals surface area (Å²) in [5, 5.41) is 0. The van der Waals surface area contributed by atoms with Crippen LogP contribution in [0.2, 0.25) is 0 Å². The van der Waals surface area contributed by atoms with Crippen LogP contribution in [-0.2, 0) is 11.2 Å². The smallest absolute Gasteiger partial charge is 0.134 e. The number of hydrogen-bond acceptors (Lipinski definition) is 2. The fraction of sp³-hybridized carbons (Fsp3) is 0.500. The first-order valence-corrected chi connectivity index (χ1v) is 5.91.